The molecule has 15 heavy (non-hydrogen) atoms. The van der Waals surface area contributed by atoms with E-state index < -0.39 is 0 Å². The van der Waals surface area contributed by atoms with Crippen LogP contribution in [0.25, 0.3) is 0 Å². The summed E-state index contributed by atoms with van der Waals surface area (Å²) in [4.78, 5) is 8.98. The van der Waals surface area contributed by atoms with E-state index in [1.807, 2.05) is 18.5 Å². The lowest BCUT2D eigenvalue weighted by Gasteiger charge is -2.14. The van der Waals surface area contributed by atoms with Gasteiger partial charge >= 0.3 is 0 Å². The Morgan fingerprint density at radius 1 is 1.20 bits per heavy atom. The second-order valence-electron chi connectivity index (χ2n) is 3.86. The summed E-state index contributed by atoms with van der Waals surface area (Å²) >= 11 is 0. The van der Waals surface area contributed by atoms with Crippen LogP contribution in [0.15, 0.2) is 57.2 Å². The van der Waals surface area contributed by atoms with Gasteiger partial charge < -0.3 is 0 Å². The summed E-state index contributed by atoms with van der Waals surface area (Å²) in [6.07, 6.45) is 16.6. The number of rotatable bonds is 0. The monoisotopic (exact) mass is 196 g/mol. The minimum atomic E-state index is 0.108. The van der Waals surface area contributed by atoms with Crippen molar-refractivity contribution in [2.45, 2.75) is 18.9 Å². The van der Waals surface area contributed by atoms with Gasteiger partial charge in [-0.3, -0.25) is 9.98 Å². The normalized spacial score (nSPS) is 27.2. The van der Waals surface area contributed by atoms with Crippen LogP contribution in [0.1, 0.15) is 12.8 Å². The number of hydrogen-bond donors (Lipinski definition) is 0. The van der Waals surface area contributed by atoms with Crippen LogP contribution in [0.2, 0.25) is 0 Å². The summed E-state index contributed by atoms with van der Waals surface area (Å²) in [5.74, 6) is 0. The van der Waals surface area contributed by atoms with E-state index in [0.29, 0.717) is 0 Å². The van der Waals surface area contributed by atoms with E-state index in [-0.39, 0.29) is 6.04 Å². The summed E-state index contributed by atoms with van der Waals surface area (Å²) in [5, 5.41) is 0. The van der Waals surface area contributed by atoms with E-state index in [1.165, 1.54) is 11.1 Å². The van der Waals surface area contributed by atoms with Crippen LogP contribution in [0.4, 0.5) is 0 Å². The van der Waals surface area contributed by atoms with Crippen LogP contribution in [0.3, 0.4) is 0 Å². The summed E-state index contributed by atoms with van der Waals surface area (Å²) < 4.78 is 0. The van der Waals surface area contributed by atoms with Gasteiger partial charge in [0.1, 0.15) is 6.04 Å². The lowest BCUT2D eigenvalue weighted by atomic mass is 10.0. The average molecular weight is 196 g/mol. The molecule has 3 aliphatic rings. The van der Waals surface area contributed by atoms with Gasteiger partial charge in [-0.25, -0.2) is 0 Å². The molecule has 0 amide bonds. The van der Waals surface area contributed by atoms with Crippen LogP contribution in [0, 0.1) is 0 Å². The molecule has 0 spiro atoms. The first kappa shape index (κ1) is 8.60. The standard InChI is InChI=1S/C13H12N2/c1-3-10-5-6-11-4-2-8-15-13(11)12(9-10)14-7-1/h1,3,5-9,12H,2,4H2. The molecule has 2 nitrogen and oxygen atoms in total. The molecule has 0 aromatic heterocycles. The van der Waals surface area contributed by atoms with Gasteiger partial charge in [0.2, 0.25) is 0 Å². The molecule has 2 bridgehead atoms. The smallest absolute Gasteiger partial charge is 0.111 e. The van der Waals surface area contributed by atoms with Gasteiger partial charge in [0, 0.05) is 12.4 Å². The van der Waals surface area contributed by atoms with Gasteiger partial charge in [0.15, 0.2) is 0 Å². The molecule has 2 aliphatic heterocycles. The molecule has 0 saturated carbocycles. The molecule has 2 heteroatoms. The van der Waals surface area contributed by atoms with E-state index in [9.17, 15) is 0 Å². The molecule has 0 fully saturated rings. The fourth-order valence-electron chi connectivity index (χ4n) is 2.06. The minimum absolute atomic E-state index is 0.108. The van der Waals surface area contributed by atoms with E-state index in [2.05, 4.69) is 34.3 Å². The summed E-state index contributed by atoms with van der Waals surface area (Å²) in [6.45, 7) is 0. The molecule has 0 N–H and O–H groups in total. The molecule has 1 aliphatic carbocycles. The van der Waals surface area contributed by atoms with E-state index in [0.717, 1.165) is 18.5 Å². The van der Waals surface area contributed by atoms with Crippen molar-refractivity contribution in [2.75, 3.05) is 0 Å². The Bertz CT molecular complexity index is 459. The second kappa shape index (κ2) is 3.46. The van der Waals surface area contributed by atoms with Gasteiger partial charge in [-0.1, -0.05) is 18.2 Å². The Kier molecular flexibility index (Phi) is 1.98. The quantitative estimate of drug-likeness (QED) is 0.569. The number of fused-ring (bicyclic) bond motifs is 2. The lowest BCUT2D eigenvalue weighted by molar-refractivity contribution is 0.877. The van der Waals surface area contributed by atoms with Crippen molar-refractivity contribution in [3.63, 3.8) is 0 Å². The highest BCUT2D eigenvalue weighted by Gasteiger charge is 2.18. The Hall–Kier alpha value is -1.70. The van der Waals surface area contributed by atoms with E-state index in [4.69, 9.17) is 0 Å². The molecule has 3 rings (SSSR count). The maximum Gasteiger partial charge on any atom is 0.111 e. The molecule has 2 heterocycles. The Morgan fingerprint density at radius 2 is 2.20 bits per heavy atom. The van der Waals surface area contributed by atoms with E-state index in [1.54, 1.807) is 0 Å². The Balaban J connectivity index is 2.11. The SMILES string of the molecule is C1=CC2=CC(N=C1)C1=C(C=C2)CCC=N1. The van der Waals surface area contributed by atoms with Crippen LogP contribution in [-0.4, -0.2) is 18.5 Å². The lowest BCUT2D eigenvalue weighted by Crippen LogP contribution is -2.08. The van der Waals surface area contributed by atoms with E-state index >= 15 is 0 Å². The highest BCUT2D eigenvalue weighted by molar-refractivity contribution is 5.75. The molecule has 0 aromatic carbocycles. The zero-order valence-electron chi connectivity index (χ0n) is 8.43. The summed E-state index contributed by atoms with van der Waals surface area (Å²) in [6, 6.07) is 0.108. The van der Waals surface area contributed by atoms with Gasteiger partial charge in [-0.15, -0.1) is 0 Å². The van der Waals surface area contributed by atoms with Crippen LogP contribution < -0.4 is 0 Å². The highest BCUT2D eigenvalue weighted by atomic mass is 14.9. The Morgan fingerprint density at radius 3 is 3.20 bits per heavy atom. The zero-order chi connectivity index (χ0) is 10.1. The predicted octanol–water partition coefficient (Wildman–Crippen LogP) is 2.61. The van der Waals surface area contributed by atoms with Crippen LogP contribution in [-0.2, 0) is 0 Å². The largest absolute Gasteiger partial charge is 0.279 e. The van der Waals surface area contributed by atoms with Crippen molar-refractivity contribution in [1.82, 2.24) is 0 Å². The van der Waals surface area contributed by atoms with Crippen molar-refractivity contribution in [3.8, 4) is 0 Å². The minimum Gasteiger partial charge on any atom is -0.279 e. The third-order valence-corrected chi connectivity index (χ3v) is 2.83. The fourth-order valence-corrected chi connectivity index (χ4v) is 2.06. The fraction of sp³-hybridized carbons (Fsp3) is 0.231. The molecule has 0 radical (unpaired) electrons. The summed E-state index contributed by atoms with van der Waals surface area (Å²) in [7, 11) is 0. The van der Waals surface area contributed by atoms with Crippen LogP contribution in [0.5, 0.6) is 0 Å². The first-order valence-electron chi connectivity index (χ1n) is 5.29. The van der Waals surface area contributed by atoms with Crippen molar-refractivity contribution in [1.29, 1.82) is 0 Å². The van der Waals surface area contributed by atoms with Gasteiger partial charge in [0.05, 0.1) is 5.70 Å². The highest BCUT2D eigenvalue weighted by Crippen LogP contribution is 2.28. The third kappa shape index (κ3) is 1.52. The van der Waals surface area contributed by atoms with Gasteiger partial charge in [-0.05, 0) is 36.1 Å². The molecular formula is C13H12N2. The number of aliphatic imine (C=N–C) groups is 2. The van der Waals surface area contributed by atoms with Crippen molar-refractivity contribution < 1.29 is 0 Å². The van der Waals surface area contributed by atoms with Crippen molar-refractivity contribution >= 4 is 12.4 Å². The summed E-state index contributed by atoms with van der Waals surface area (Å²) in [5.41, 5.74) is 3.68. The molecular weight excluding hydrogens is 184 g/mol. The second-order valence-corrected chi connectivity index (χ2v) is 3.86. The zero-order valence-corrected chi connectivity index (χ0v) is 8.43. The average Bonchev–Trinajstić information content (AvgIpc) is 2.61. The number of nitrogens with zero attached hydrogens (tertiary/aromatic N) is 2. The predicted molar refractivity (Wildman–Crippen MR) is 63.4 cm³/mol. The maximum atomic E-state index is 4.49. The number of hydrogen-bond acceptors (Lipinski definition) is 2. The third-order valence-electron chi connectivity index (χ3n) is 2.83. The van der Waals surface area contributed by atoms with Crippen molar-refractivity contribution in [3.05, 3.63) is 47.2 Å². The topological polar surface area (TPSA) is 24.7 Å². The molecule has 0 saturated heterocycles. The molecule has 1 unspecified atom stereocenters. The first-order chi connectivity index (χ1) is 7.43. The molecule has 1 atom stereocenters. The van der Waals surface area contributed by atoms with Gasteiger partial charge in [-0.2, -0.15) is 0 Å². The molecule has 74 valence electrons. The van der Waals surface area contributed by atoms with Crippen LogP contribution >= 0.6 is 0 Å². The first-order valence-corrected chi connectivity index (χ1v) is 5.29. The van der Waals surface area contributed by atoms with Gasteiger partial charge in [0.25, 0.3) is 0 Å². The maximum absolute atomic E-state index is 4.49. The number of allylic oxidation sites excluding steroid dienone is 6. The molecule has 0 aromatic rings. The van der Waals surface area contributed by atoms with Crippen molar-refractivity contribution in [2.24, 2.45) is 9.98 Å². The Labute approximate surface area is 89.1 Å².